The quantitative estimate of drug-likeness (QED) is 0.786. The Morgan fingerprint density at radius 3 is 2.37 bits per heavy atom. The molecule has 1 saturated heterocycles. The van der Waals surface area contributed by atoms with Gasteiger partial charge in [-0.1, -0.05) is 31.2 Å². The molecule has 1 aliphatic heterocycles. The van der Waals surface area contributed by atoms with Gasteiger partial charge in [0.05, 0.1) is 4.90 Å². The van der Waals surface area contributed by atoms with Crippen molar-refractivity contribution in [2.75, 3.05) is 24.5 Å². The lowest BCUT2D eigenvalue weighted by Gasteiger charge is -2.29. The minimum Gasteiger partial charge on any atom is -0.309 e. The lowest BCUT2D eigenvalue weighted by molar-refractivity contribution is 0.0988. The number of hydrogen-bond donors (Lipinski definition) is 0. The number of nitrogens with zero attached hydrogens (tertiary/aromatic N) is 2. The van der Waals surface area contributed by atoms with Crippen molar-refractivity contribution in [1.82, 2.24) is 4.31 Å². The molecule has 0 unspecified atom stereocenters. The standard InChI is InChI=1S/C21H26N2O3S/c1-3-23(19-9-5-4-6-10-19)21(24)18-8-7-11-20(16-18)27(25,26)22-14-12-17(2)13-15-22/h4-11,16-17H,3,12-15H2,1-2H3. The summed E-state index contributed by atoms with van der Waals surface area (Å²) in [4.78, 5) is 14.8. The Balaban J connectivity index is 1.87. The molecule has 0 atom stereocenters. The molecule has 1 aliphatic rings. The van der Waals surface area contributed by atoms with Crippen LogP contribution in [0.15, 0.2) is 59.5 Å². The van der Waals surface area contributed by atoms with Gasteiger partial charge in [-0.3, -0.25) is 4.79 Å². The summed E-state index contributed by atoms with van der Waals surface area (Å²) in [7, 11) is -3.58. The van der Waals surface area contributed by atoms with Crippen LogP contribution in [-0.2, 0) is 10.0 Å². The van der Waals surface area contributed by atoms with Crippen molar-refractivity contribution < 1.29 is 13.2 Å². The van der Waals surface area contributed by atoms with Crippen LogP contribution in [0.25, 0.3) is 0 Å². The molecule has 6 heteroatoms. The summed E-state index contributed by atoms with van der Waals surface area (Å²) in [6.07, 6.45) is 1.74. The Labute approximate surface area is 161 Å². The molecule has 2 aromatic carbocycles. The van der Waals surface area contributed by atoms with Gasteiger partial charge >= 0.3 is 0 Å². The van der Waals surface area contributed by atoms with E-state index < -0.39 is 10.0 Å². The van der Waals surface area contributed by atoms with Crippen LogP contribution in [0, 0.1) is 5.92 Å². The molecule has 0 spiro atoms. The number of anilines is 1. The van der Waals surface area contributed by atoms with Crippen LogP contribution >= 0.6 is 0 Å². The largest absolute Gasteiger partial charge is 0.309 e. The highest BCUT2D eigenvalue weighted by Crippen LogP contribution is 2.25. The number of sulfonamides is 1. The smallest absolute Gasteiger partial charge is 0.258 e. The number of carbonyl (C=O) groups excluding carboxylic acids is 1. The summed E-state index contributed by atoms with van der Waals surface area (Å²) < 4.78 is 27.5. The Morgan fingerprint density at radius 2 is 1.74 bits per heavy atom. The average molecular weight is 387 g/mol. The molecule has 3 rings (SSSR count). The first-order valence-corrected chi connectivity index (χ1v) is 10.8. The second-order valence-corrected chi connectivity index (χ2v) is 8.94. The van der Waals surface area contributed by atoms with E-state index in [-0.39, 0.29) is 10.8 Å². The molecule has 27 heavy (non-hydrogen) atoms. The van der Waals surface area contributed by atoms with Gasteiger partial charge < -0.3 is 4.90 Å². The highest BCUT2D eigenvalue weighted by molar-refractivity contribution is 7.89. The molecule has 0 aliphatic carbocycles. The third-order valence-corrected chi connectivity index (χ3v) is 6.99. The van der Waals surface area contributed by atoms with Gasteiger partial charge in [-0.2, -0.15) is 4.31 Å². The summed E-state index contributed by atoms with van der Waals surface area (Å²) in [6.45, 7) is 5.62. The van der Waals surface area contributed by atoms with Crippen molar-refractivity contribution >= 4 is 21.6 Å². The minimum atomic E-state index is -3.58. The molecule has 1 heterocycles. The topological polar surface area (TPSA) is 57.7 Å². The van der Waals surface area contributed by atoms with E-state index in [4.69, 9.17) is 0 Å². The molecule has 0 bridgehead atoms. The van der Waals surface area contributed by atoms with Crippen molar-refractivity contribution in [3.63, 3.8) is 0 Å². The van der Waals surface area contributed by atoms with Crippen LogP contribution in [0.4, 0.5) is 5.69 Å². The number of para-hydroxylation sites is 1. The first-order chi connectivity index (χ1) is 12.9. The Bertz CT molecular complexity index is 889. The molecule has 1 fully saturated rings. The summed E-state index contributed by atoms with van der Waals surface area (Å²) in [5.74, 6) is 0.348. The second-order valence-electron chi connectivity index (χ2n) is 7.00. The number of hydrogen-bond acceptors (Lipinski definition) is 3. The van der Waals surface area contributed by atoms with Gasteiger partial charge in [-0.25, -0.2) is 8.42 Å². The second kappa shape index (κ2) is 8.23. The third kappa shape index (κ3) is 4.22. The maximum atomic E-state index is 13.0. The van der Waals surface area contributed by atoms with E-state index in [0.717, 1.165) is 18.5 Å². The lowest BCUT2D eigenvalue weighted by atomic mass is 10.0. The van der Waals surface area contributed by atoms with Gasteiger partial charge in [0.25, 0.3) is 5.91 Å². The van der Waals surface area contributed by atoms with Crippen LogP contribution in [0.5, 0.6) is 0 Å². The molecule has 0 aromatic heterocycles. The Hall–Kier alpha value is -2.18. The number of amides is 1. The summed E-state index contributed by atoms with van der Waals surface area (Å²) >= 11 is 0. The molecule has 2 aromatic rings. The SMILES string of the molecule is CCN(C(=O)c1cccc(S(=O)(=O)N2CCC(C)CC2)c1)c1ccccc1. The van der Waals surface area contributed by atoms with Crippen LogP contribution in [0.3, 0.4) is 0 Å². The molecule has 0 radical (unpaired) electrons. The van der Waals surface area contributed by atoms with E-state index in [1.54, 1.807) is 23.1 Å². The minimum absolute atomic E-state index is 0.187. The fourth-order valence-corrected chi connectivity index (χ4v) is 4.89. The van der Waals surface area contributed by atoms with Gasteiger partial charge in [0.1, 0.15) is 0 Å². The van der Waals surface area contributed by atoms with Gasteiger partial charge in [0.2, 0.25) is 10.0 Å². The number of piperidine rings is 1. The van der Waals surface area contributed by atoms with E-state index in [2.05, 4.69) is 6.92 Å². The maximum Gasteiger partial charge on any atom is 0.258 e. The number of benzene rings is 2. The number of carbonyl (C=O) groups is 1. The van der Waals surface area contributed by atoms with Gasteiger partial charge in [-0.05, 0) is 56.0 Å². The molecule has 0 saturated carbocycles. The van der Waals surface area contributed by atoms with Crippen molar-refractivity contribution in [1.29, 1.82) is 0 Å². The molecule has 5 nitrogen and oxygen atoms in total. The predicted octanol–water partition coefficient (Wildman–Crippen LogP) is 3.77. The van der Waals surface area contributed by atoms with E-state index in [9.17, 15) is 13.2 Å². The molecule has 0 N–H and O–H groups in total. The van der Waals surface area contributed by atoms with E-state index in [1.165, 1.54) is 10.4 Å². The van der Waals surface area contributed by atoms with Gasteiger partial charge in [0, 0.05) is 30.9 Å². The number of rotatable bonds is 5. The van der Waals surface area contributed by atoms with Crippen LogP contribution in [0.1, 0.15) is 37.0 Å². The monoisotopic (exact) mass is 386 g/mol. The molecule has 1 amide bonds. The summed E-state index contributed by atoms with van der Waals surface area (Å²) in [5.41, 5.74) is 1.18. The zero-order valence-electron chi connectivity index (χ0n) is 15.8. The molecule has 144 valence electrons. The normalized spacial score (nSPS) is 16.2. The maximum absolute atomic E-state index is 13.0. The highest BCUT2D eigenvalue weighted by Gasteiger charge is 2.29. The zero-order valence-corrected chi connectivity index (χ0v) is 16.7. The highest BCUT2D eigenvalue weighted by atomic mass is 32.2. The van der Waals surface area contributed by atoms with E-state index in [1.807, 2.05) is 37.3 Å². The third-order valence-electron chi connectivity index (χ3n) is 5.09. The van der Waals surface area contributed by atoms with Crippen molar-refractivity contribution in [3.8, 4) is 0 Å². The van der Waals surface area contributed by atoms with E-state index >= 15 is 0 Å². The first-order valence-electron chi connectivity index (χ1n) is 9.40. The van der Waals surface area contributed by atoms with Gasteiger partial charge in [-0.15, -0.1) is 0 Å². The Morgan fingerprint density at radius 1 is 1.07 bits per heavy atom. The van der Waals surface area contributed by atoms with Crippen molar-refractivity contribution in [2.24, 2.45) is 5.92 Å². The Kier molecular flexibility index (Phi) is 5.97. The van der Waals surface area contributed by atoms with Gasteiger partial charge in [0.15, 0.2) is 0 Å². The molecular weight excluding hydrogens is 360 g/mol. The van der Waals surface area contributed by atoms with Crippen molar-refractivity contribution in [2.45, 2.75) is 31.6 Å². The van der Waals surface area contributed by atoms with Crippen molar-refractivity contribution in [3.05, 3.63) is 60.2 Å². The fourth-order valence-electron chi connectivity index (χ4n) is 3.37. The summed E-state index contributed by atoms with van der Waals surface area (Å²) in [5, 5.41) is 0. The van der Waals surface area contributed by atoms with Crippen LogP contribution in [-0.4, -0.2) is 38.3 Å². The lowest BCUT2D eigenvalue weighted by Crippen LogP contribution is -2.38. The van der Waals surface area contributed by atoms with Crippen LogP contribution in [0.2, 0.25) is 0 Å². The fraction of sp³-hybridized carbons (Fsp3) is 0.381. The first kappa shape index (κ1) is 19.6. The zero-order chi connectivity index (χ0) is 19.4. The average Bonchev–Trinajstić information content (AvgIpc) is 2.70. The van der Waals surface area contributed by atoms with Crippen LogP contribution < -0.4 is 4.90 Å². The predicted molar refractivity (Wildman–Crippen MR) is 107 cm³/mol. The summed E-state index contributed by atoms with van der Waals surface area (Å²) in [6, 6.07) is 15.8. The molecular formula is C21H26N2O3S. The van der Waals surface area contributed by atoms with E-state index in [0.29, 0.717) is 31.1 Å².